The first-order valence-corrected chi connectivity index (χ1v) is 11.2. The Morgan fingerprint density at radius 2 is 1.33 bits per heavy atom. The molecule has 2 N–H and O–H groups in total. The van der Waals surface area contributed by atoms with E-state index in [0.717, 1.165) is 30.0 Å². The molecule has 0 aliphatic carbocycles. The Balaban J connectivity index is 1.38. The van der Waals surface area contributed by atoms with Gasteiger partial charge in [0.05, 0.1) is 20.4 Å². The van der Waals surface area contributed by atoms with Gasteiger partial charge in [-0.05, 0) is 74.2 Å². The van der Waals surface area contributed by atoms with E-state index in [2.05, 4.69) is 20.6 Å². The van der Waals surface area contributed by atoms with Gasteiger partial charge in [0.2, 0.25) is 5.88 Å². The summed E-state index contributed by atoms with van der Waals surface area (Å²) in [4.78, 5) is 8.99. The van der Waals surface area contributed by atoms with Crippen molar-refractivity contribution in [3.05, 3.63) is 54.7 Å². The molecule has 3 aromatic rings. The second-order valence-electron chi connectivity index (χ2n) is 8.38. The fraction of sp³-hybridized carbons (Fsp3) is 0.360. The Hall–Kier alpha value is -3.52. The van der Waals surface area contributed by atoms with Crippen LogP contribution in [0.1, 0.15) is 25.7 Å². The third kappa shape index (κ3) is 5.12. The lowest BCUT2D eigenvalue weighted by molar-refractivity contribution is 0.375. The number of piperidine rings is 1. The molecule has 0 radical (unpaired) electrons. The molecule has 2 aliphatic heterocycles. The topological polar surface area (TPSA) is 86.8 Å². The van der Waals surface area contributed by atoms with Gasteiger partial charge in [0, 0.05) is 18.1 Å². The normalized spacial score (nSPS) is 21.3. The number of ether oxygens (including phenoxy) is 4. The molecule has 2 bridgehead atoms. The van der Waals surface area contributed by atoms with Crippen molar-refractivity contribution in [1.82, 2.24) is 15.3 Å². The summed E-state index contributed by atoms with van der Waals surface area (Å²) in [5, 5.41) is 7.29. The molecule has 2 fully saturated rings. The summed E-state index contributed by atoms with van der Waals surface area (Å²) < 4.78 is 22.5. The number of benzene rings is 2. The zero-order chi connectivity index (χ0) is 22.6. The van der Waals surface area contributed by atoms with Crippen LogP contribution < -0.4 is 29.6 Å². The maximum atomic E-state index is 6.15. The molecule has 3 heterocycles. The number of aromatic nitrogens is 2. The highest BCUT2D eigenvalue weighted by Crippen LogP contribution is 2.34. The number of methoxy groups -OCH3 is 2. The number of rotatable bonds is 8. The van der Waals surface area contributed by atoms with Crippen molar-refractivity contribution in [3.63, 3.8) is 0 Å². The van der Waals surface area contributed by atoms with E-state index in [0.29, 0.717) is 35.5 Å². The van der Waals surface area contributed by atoms with E-state index in [1.807, 2.05) is 48.5 Å². The van der Waals surface area contributed by atoms with Gasteiger partial charge in [0.15, 0.2) is 0 Å². The van der Waals surface area contributed by atoms with Crippen LogP contribution in [0.25, 0.3) is 0 Å². The van der Waals surface area contributed by atoms with Gasteiger partial charge in [0.1, 0.15) is 28.7 Å². The van der Waals surface area contributed by atoms with Gasteiger partial charge in [-0.25, -0.2) is 4.98 Å². The zero-order valence-corrected chi connectivity index (χ0v) is 18.8. The molecular formula is C25H28N4O4. The molecule has 0 spiro atoms. The molecule has 0 amide bonds. The highest BCUT2D eigenvalue weighted by Gasteiger charge is 2.33. The Morgan fingerprint density at radius 3 is 1.91 bits per heavy atom. The number of nitrogens with zero attached hydrogens (tertiary/aromatic N) is 2. The van der Waals surface area contributed by atoms with Gasteiger partial charge in [-0.15, -0.1) is 0 Å². The summed E-state index contributed by atoms with van der Waals surface area (Å²) in [6.45, 7) is 0. The predicted molar refractivity (Wildman–Crippen MR) is 125 cm³/mol. The van der Waals surface area contributed by atoms with E-state index in [9.17, 15) is 0 Å². The van der Waals surface area contributed by atoms with E-state index >= 15 is 0 Å². The van der Waals surface area contributed by atoms with Crippen LogP contribution in [0, 0.1) is 0 Å². The Morgan fingerprint density at radius 1 is 0.788 bits per heavy atom. The summed E-state index contributed by atoms with van der Waals surface area (Å²) in [6, 6.07) is 16.4. The molecule has 0 unspecified atom stereocenters. The minimum atomic E-state index is 0.208. The first kappa shape index (κ1) is 21.3. The third-order valence-corrected chi connectivity index (χ3v) is 6.11. The van der Waals surface area contributed by atoms with Crippen LogP contribution in [0.3, 0.4) is 0 Å². The molecule has 2 aliphatic rings. The largest absolute Gasteiger partial charge is 0.497 e. The van der Waals surface area contributed by atoms with Crippen molar-refractivity contribution in [1.29, 1.82) is 0 Å². The summed E-state index contributed by atoms with van der Waals surface area (Å²) in [5.74, 6) is 3.20. The lowest BCUT2D eigenvalue weighted by Crippen LogP contribution is -2.43. The van der Waals surface area contributed by atoms with Crippen LogP contribution in [-0.2, 0) is 0 Å². The maximum absolute atomic E-state index is 6.15. The maximum Gasteiger partial charge on any atom is 0.325 e. The molecule has 2 saturated heterocycles. The van der Waals surface area contributed by atoms with Gasteiger partial charge in [-0.2, -0.15) is 4.98 Å². The molecule has 8 heteroatoms. The Kier molecular flexibility index (Phi) is 6.17. The predicted octanol–water partition coefficient (Wildman–Crippen LogP) is 4.77. The number of nitrogens with one attached hydrogen (secondary N) is 2. The SMILES string of the molecule is COc1ccc(Oc2ncc(NC3C[C@H]4CC[C@H](C3)N4)c(Oc3ccc(OC)cc3)n2)cc1. The van der Waals surface area contributed by atoms with Gasteiger partial charge in [-0.3, -0.25) is 0 Å². The lowest BCUT2D eigenvalue weighted by Gasteiger charge is -2.30. The van der Waals surface area contributed by atoms with Gasteiger partial charge < -0.3 is 29.6 Å². The molecule has 2 aromatic carbocycles. The molecule has 0 saturated carbocycles. The first-order valence-electron chi connectivity index (χ1n) is 11.2. The van der Waals surface area contributed by atoms with Crippen LogP contribution in [-0.4, -0.2) is 42.3 Å². The zero-order valence-electron chi connectivity index (χ0n) is 18.8. The van der Waals surface area contributed by atoms with Gasteiger partial charge in [0.25, 0.3) is 0 Å². The van der Waals surface area contributed by atoms with Crippen molar-refractivity contribution >= 4 is 5.69 Å². The van der Waals surface area contributed by atoms with Crippen molar-refractivity contribution in [2.75, 3.05) is 19.5 Å². The number of fused-ring (bicyclic) bond motifs is 2. The van der Waals surface area contributed by atoms with E-state index in [4.69, 9.17) is 18.9 Å². The second-order valence-corrected chi connectivity index (χ2v) is 8.38. The number of anilines is 1. The highest BCUT2D eigenvalue weighted by atomic mass is 16.5. The number of hydrogen-bond donors (Lipinski definition) is 2. The summed E-state index contributed by atoms with van der Waals surface area (Å²) >= 11 is 0. The van der Waals surface area contributed by atoms with E-state index < -0.39 is 0 Å². The Labute approximate surface area is 193 Å². The van der Waals surface area contributed by atoms with E-state index in [1.165, 1.54) is 12.8 Å². The summed E-state index contributed by atoms with van der Waals surface area (Å²) in [7, 11) is 3.26. The monoisotopic (exact) mass is 448 g/mol. The quantitative estimate of drug-likeness (QED) is 0.510. The van der Waals surface area contributed by atoms with Crippen LogP contribution in [0.4, 0.5) is 5.69 Å². The second kappa shape index (κ2) is 9.54. The van der Waals surface area contributed by atoms with Crippen molar-refractivity contribution < 1.29 is 18.9 Å². The molecule has 1 aromatic heterocycles. The highest BCUT2D eigenvalue weighted by molar-refractivity contribution is 5.54. The number of hydrogen-bond acceptors (Lipinski definition) is 8. The fourth-order valence-electron chi connectivity index (χ4n) is 4.48. The molecular weight excluding hydrogens is 420 g/mol. The van der Waals surface area contributed by atoms with Crippen molar-refractivity contribution in [3.8, 4) is 34.9 Å². The van der Waals surface area contributed by atoms with Crippen LogP contribution in [0.5, 0.6) is 34.9 Å². The van der Waals surface area contributed by atoms with E-state index in [1.54, 1.807) is 20.4 Å². The van der Waals surface area contributed by atoms with Crippen molar-refractivity contribution in [2.24, 2.45) is 0 Å². The minimum Gasteiger partial charge on any atom is -0.497 e. The van der Waals surface area contributed by atoms with Crippen molar-refractivity contribution in [2.45, 2.75) is 43.8 Å². The molecule has 8 nitrogen and oxygen atoms in total. The van der Waals surface area contributed by atoms with Crippen LogP contribution in [0.2, 0.25) is 0 Å². The summed E-state index contributed by atoms with van der Waals surface area (Å²) in [6.07, 6.45) is 6.35. The van der Waals surface area contributed by atoms with Crippen LogP contribution in [0.15, 0.2) is 54.7 Å². The first-order chi connectivity index (χ1) is 16.2. The average molecular weight is 449 g/mol. The summed E-state index contributed by atoms with van der Waals surface area (Å²) in [5.41, 5.74) is 0.749. The Bertz CT molecular complexity index is 1060. The molecule has 2 atom stereocenters. The third-order valence-electron chi connectivity index (χ3n) is 6.11. The fourth-order valence-corrected chi connectivity index (χ4v) is 4.48. The van der Waals surface area contributed by atoms with Gasteiger partial charge >= 0.3 is 6.01 Å². The van der Waals surface area contributed by atoms with Gasteiger partial charge in [-0.1, -0.05) is 0 Å². The minimum absolute atomic E-state index is 0.208. The standard InChI is InChI=1S/C25H28N4O4/c1-30-19-5-9-21(10-6-19)32-24-23(28-18-13-16-3-4-17(14-18)27-16)15-26-25(29-24)33-22-11-7-20(31-2)8-12-22/h5-12,15-18,27-28H,3-4,13-14H2,1-2H3/t16-,17-/m1/s1. The van der Waals surface area contributed by atoms with E-state index in [-0.39, 0.29) is 6.01 Å². The molecule has 5 rings (SSSR count). The lowest BCUT2D eigenvalue weighted by atomic mass is 10.00. The average Bonchev–Trinajstić information content (AvgIpc) is 3.19. The van der Waals surface area contributed by atoms with Crippen LogP contribution >= 0.6 is 0 Å². The molecule has 172 valence electrons. The molecule has 33 heavy (non-hydrogen) atoms. The smallest absolute Gasteiger partial charge is 0.325 e.